The summed E-state index contributed by atoms with van der Waals surface area (Å²) >= 11 is 0. The van der Waals surface area contributed by atoms with E-state index in [0.717, 1.165) is 0 Å². The molecule has 0 bridgehead atoms. The zero-order valence-corrected chi connectivity index (χ0v) is 10.4. The molecule has 0 aliphatic heterocycles. The summed E-state index contributed by atoms with van der Waals surface area (Å²) in [5.41, 5.74) is -0.902. The number of rotatable bonds is 5. The van der Waals surface area contributed by atoms with Gasteiger partial charge >= 0.3 is 0 Å². The van der Waals surface area contributed by atoms with E-state index in [0.29, 0.717) is 12.1 Å². The largest absolute Gasteiger partial charge is 0.483 e. The quantitative estimate of drug-likeness (QED) is 0.472. The molecular weight excluding hydrogens is 315 g/mol. The SMILES string of the molecule is O=[N+]([O-])c1cc(F)c(OCC(F)F)c(S(=O)(=O)Cl)c1. The zero-order chi connectivity index (χ0) is 14.8. The van der Waals surface area contributed by atoms with Crippen molar-refractivity contribution < 1.29 is 31.2 Å². The van der Waals surface area contributed by atoms with E-state index in [9.17, 15) is 31.7 Å². The lowest BCUT2D eigenvalue weighted by Crippen LogP contribution is -2.11. The first-order valence-corrected chi connectivity index (χ1v) is 6.77. The van der Waals surface area contributed by atoms with Crippen molar-refractivity contribution in [1.29, 1.82) is 0 Å². The van der Waals surface area contributed by atoms with Gasteiger partial charge in [-0.3, -0.25) is 10.1 Å². The number of halogens is 4. The van der Waals surface area contributed by atoms with Crippen molar-refractivity contribution in [2.45, 2.75) is 11.3 Å². The van der Waals surface area contributed by atoms with Gasteiger partial charge in [0.2, 0.25) is 0 Å². The molecule has 0 fully saturated rings. The van der Waals surface area contributed by atoms with Crippen LogP contribution in [0.4, 0.5) is 18.9 Å². The molecule has 0 spiro atoms. The molecule has 0 saturated carbocycles. The summed E-state index contributed by atoms with van der Waals surface area (Å²) in [5.74, 6) is -2.56. The van der Waals surface area contributed by atoms with Crippen LogP contribution in [0.5, 0.6) is 5.75 Å². The Kier molecular flexibility index (Phi) is 4.58. The summed E-state index contributed by atoms with van der Waals surface area (Å²) in [7, 11) is 0.341. The van der Waals surface area contributed by atoms with E-state index in [1.807, 2.05) is 0 Å². The van der Waals surface area contributed by atoms with Gasteiger partial charge in [-0.05, 0) is 0 Å². The molecule has 0 amide bonds. The highest BCUT2D eigenvalue weighted by Crippen LogP contribution is 2.34. The molecule has 0 aliphatic carbocycles. The van der Waals surface area contributed by atoms with Gasteiger partial charge < -0.3 is 4.74 Å². The Morgan fingerprint density at radius 1 is 1.42 bits per heavy atom. The average molecular weight is 320 g/mol. The van der Waals surface area contributed by atoms with E-state index in [4.69, 9.17) is 10.7 Å². The Bertz CT molecular complexity index is 607. The second kappa shape index (κ2) is 5.61. The first kappa shape index (κ1) is 15.5. The van der Waals surface area contributed by atoms with Crippen LogP contribution in [0.3, 0.4) is 0 Å². The number of alkyl halides is 2. The van der Waals surface area contributed by atoms with E-state index in [-0.39, 0.29) is 0 Å². The number of non-ortho nitro benzene ring substituents is 1. The normalized spacial score (nSPS) is 11.6. The maximum Gasteiger partial charge on any atom is 0.273 e. The highest BCUT2D eigenvalue weighted by molar-refractivity contribution is 8.13. The first-order valence-electron chi connectivity index (χ1n) is 4.46. The molecule has 1 aromatic rings. The zero-order valence-electron chi connectivity index (χ0n) is 8.85. The van der Waals surface area contributed by atoms with Crippen molar-refractivity contribution in [3.05, 3.63) is 28.1 Å². The monoisotopic (exact) mass is 319 g/mol. The smallest absolute Gasteiger partial charge is 0.273 e. The lowest BCUT2D eigenvalue weighted by Gasteiger charge is -2.10. The third-order valence-corrected chi connectivity index (χ3v) is 3.15. The number of benzene rings is 1. The van der Waals surface area contributed by atoms with Crippen molar-refractivity contribution in [2.24, 2.45) is 0 Å². The average Bonchev–Trinajstić information content (AvgIpc) is 2.24. The summed E-state index contributed by atoms with van der Waals surface area (Å²) in [6.07, 6.45) is -2.99. The Morgan fingerprint density at radius 2 is 2.00 bits per heavy atom. The molecule has 19 heavy (non-hydrogen) atoms. The van der Waals surface area contributed by atoms with Crippen LogP contribution in [0.2, 0.25) is 0 Å². The van der Waals surface area contributed by atoms with Gasteiger partial charge in [0.05, 0.1) is 11.0 Å². The van der Waals surface area contributed by atoms with Crippen LogP contribution < -0.4 is 4.74 Å². The molecule has 1 aromatic carbocycles. The molecule has 0 saturated heterocycles. The molecule has 0 N–H and O–H groups in total. The van der Waals surface area contributed by atoms with Crippen molar-refractivity contribution in [3.63, 3.8) is 0 Å². The Labute approximate surface area is 109 Å². The minimum Gasteiger partial charge on any atom is -0.483 e. The molecule has 0 atom stereocenters. The predicted molar refractivity (Wildman–Crippen MR) is 57.6 cm³/mol. The molecule has 0 aliphatic rings. The van der Waals surface area contributed by atoms with Crippen LogP contribution in [-0.4, -0.2) is 26.4 Å². The van der Waals surface area contributed by atoms with Crippen LogP contribution in [0, 0.1) is 15.9 Å². The number of nitrogens with zero attached hydrogens (tertiary/aromatic N) is 1. The van der Waals surface area contributed by atoms with Gasteiger partial charge in [-0.25, -0.2) is 21.6 Å². The number of hydrogen-bond donors (Lipinski definition) is 0. The molecule has 0 radical (unpaired) electrons. The standard InChI is InChI=1S/C8H5ClF3NO5S/c9-19(16,17)6-2-4(13(14)15)1-5(10)8(6)18-3-7(11)12/h1-2,7H,3H2. The van der Waals surface area contributed by atoms with Gasteiger partial charge in [0.15, 0.2) is 11.6 Å². The van der Waals surface area contributed by atoms with Gasteiger partial charge in [0, 0.05) is 16.7 Å². The molecule has 6 nitrogen and oxygen atoms in total. The Hall–Kier alpha value is -1.55. The lowest BCUT2D eigenvalue weighted by atomic mass is 10.3. The predicted octanol–water partition coefficient (Wildman–Crippen LogP) is 2.31. The third-order valence-electron chi connectivity index (χ3n) is 1.82. The molecule has 0 unspecified atom stereocenters. The fraction of sp³-hybridized carbons (Fsp3) is 0.250. The van der Waals surface area contributed by atoms with E-state index in [1.54, 1.807) is 0 Å². The van der Waals surface area contributed by atoms with Crippen LogP contribution in [-0.2, 0) is 9.05 Å². The van der Waals surface area contributed by atoms with Crippen molar-refractivity contribution in [3.8, 4) is 5.75 Å². The summed E-state index contributed by atoms with van der Waals surface area (Å²) in [6, 6.07) is 0.762. The maximum atomic E-state index is 13.5. The minimum absolute atomic E-state index is 0.340. The Balaban J connectivity index is 3.40. The van der Waals surface area contributed by atoms with Gasteiger partial charge in [0.1, 0.15) is 11.5 Å². The fourth-order valence-corrected chi connectivity index (χ4v) is 2.11. The number of ether oxygens (including phenoxy) is 1. The van der Waals surface area contributed by atoms with E-state index in [2.05, 4.69) is 4.74 Å². The summed E-state index contributed by atoms with van der Waals surface area (Å²) in [4.78, 5) is 8.30. The molecule has 0 aromatic heterocycles. The van der Waals surface area contributed by atoms with E-state index < -0.39 is 49.2 Å². The minimum atomic E-state index is -4.60. The highest BCUT2D eigenvalue weighted by Gasteiger charge is 2.26. The van der Waals surface area contributed by atoms with Gasteiger partial charge in [0.25, 0.3) is 21.2 Å². The van der Waals surface area contributed by atoms with Gasteiger partial charge in [-0.2, -0.15) is 0 Å². The van der Waals surface area contributed by atoms with Gasteiger partial charge in [-0.1, -0.05) is 0 Å². The fourth-order valence-electron chi connectivity index (χ4n) is 1.13. The van der Waals surface area contributed by atoms with Crippen LogP contribution in [0.15, 0.2) is 17.0 Å². The first-order chi connectivity index (χ1) is 8.62. The Morgan fingerprint density at radius 3 is 2.42 bits per heavy atom. The maximum absolute atomic E-state index is 13.5. The van der Waals surface area contributed by atoms with Crippen LogP contribution in [0.1, 0.15) is 0 Å². The van der Waals surface area contributed by atoms with Crippen LogP contribution >= 0.6 is 10.7 Å². The molecule has 11 heteroatoms. The second-order valence-electron chi connectivity index (χ2n) is 3.15. The lowest BCUT2D eigenvalue weighted by molar-refractivity contribution is -0.385. The topological polar surface area (TPSA) is 86.5 Å². The summed E-state index contributed by atoms with van der Waals surface area (Å²) < 4.78 is 63.9. The summed E-state index contributed by atoms with van der Waals surface area (Å²) in [6.45, 7) is -1.28. The second-order valence-corrected chi connectivity index (χ2v) is 5.69. The van der Waals surface area contributed by atoms with E-state index in [1.165, 1.54) is 0 Å². The van der Waals surface area contributed by atoms with Crippen molar-refractivity contribution in [1.82, 2.24) is 0 Å². The molecule has 0 heterocycles. The molecule has 1 rings (SSSR count). The molecular formula is C8H5ClF3NO5S. The van der Waals surface area contributed by atoms with Crippen molar-refractivity contribution in [2.75, 3.05) is 6.61 Å². The molecule has 106 valence electrons. The van der Waals surface area contributed by atoms with E-state index >= 15 is 0 Å². The summed E-state index contributed by atoms with van der Waals surface area (Å²) in [5, 5.41) is 10.4. The number of nitro benzene ring substituents is 1. The van der Waals surface area contributed by atoms with Gasteiger partial charge in [-0.15, -0.1) is 0 Å². The number of hydrogen-bond acceptors (Lipinski definition) is 5. The number of nitro groups is 1. The van der Waals surface area contributed by atoms with Crippen molar-refractivity contribution >= 4 is 25.4 Å². The van der Waals surface area contributed by atoms with Crippen LogP contribution in [0.25, 0.3) is 0 Å². The highest BCUT2D eigenvalue weighted by atomic mass is 35.7. The third kappa shape index (κ3) is 3.96.